The van der Waals surface area contributed by atoms with Crippen LogP contribution >= 0.6 is 0 Å². The molecule has 1 N–H and O–H groups in total. The van der Waals surface area contributed by atoms with Gasteiger partial charge < -0.3 is 19.9 Å². The van der Waals surface area contributed by atoms with Gasteiger partial charge in [-0.3, -0.25) is 0 Å². The molecule has 1 aromatic heterocycles. The number of nitrogens with zero attached hydrogens (tertiary/aromatic N) is 4. The molecule has 134 valence electrons. The van der Waals surface area contributed by atoms with Crippen molar-refractivity contribution in [2.45, 2.75) is 13.8 Å². The van der Waals surface area contributed by atoms with Crippen LogP contribution in [0.2, 0.25) is 0 Å². The van der Waals surface area contributed by atoms with Crippen LogP contribution in [0.4, 0.5) is 17.3 Å². The lowest BCUT2D eigenvalue weighted by atomic mass is 10.2. The molecule has 0 unspecified atom stereocenters. The second-order valence-electron chi connectivity index (χ2n) is 6.68. The van der Waals surface area contributed by atoms with E-state index in [-0.39, 0.29) is 0 Å². The molecule has 3 rings (SSSR count). The quantitative estimate of drug-likeness (QED) is 0.872. The average molecular weight is 341 g/mol. The lowest BCUT2D eigenvalue weighted by Crippen LogP contribution is -2.47. The van der Waals surface area contributed by atoms with E-state index in [0.29, 0.717) is 5.92 Å². The molecule has 0 aliphatic carbocycles. The first-order chi connectivity index (χ1) is 12.2. The highest BCUT2D eigenvalue weighted by Crippen LogP contribution is 2.29. The number of ether oxygens (including phenoxy) is 1. The maximum absolute atomic E-state index is 5.49. The molecular weight excluding hydrogens is 314 g/mol. The number of hydrogen-bond acceptors (Lipinski definition) is 6. The van der Waals surface area contributed by atoms with Gasteiger partial charge in [-0.05, 0) is 18.1 Å². The number of piperazine rings is 1. The van der Waals surface area contributed by atoms with Crippen LogP contribution in [0.3, 0.4) is 0 Å². The Morgan fingerprint density at radius 1 is 1.08 bits per heavy atom. The van der Waals surface area contributed by atoms with Gasteiger partial charge in [-0.2, -0.15) is 0 Å². The molecule has 6 nitrogen and oxygen atoms in total. The highest BCUT2D eigenvalue weighted by molar-refractivity contribution is 5.59. The number of methoxy groups -OCH3 is 1. The van der Waals surface area contributed by atoms with Gasteiger partial charge in [0, 0.05) is 38.8 Å². The van der Waals surface area contributed by atoms with E-state index in [1.165, 1.54) is 0 Å². The molecule has 6 heteroatoms. The number of para-hydroxylation sites is 2. The van der Waals surface area contributed by atoms with Crippen molar-refractivity contribution in [2.24, 2.45) is 5.92 Å². The smallest absolute Gasteiger partial charge is 0.142 e. The minimum atomic E-state index is 0.586. The normalized spacial score (nSPS) is 14.7. The van der Waals surface area contributed by atoms with E-state index >= 15 is 0 Å². The number of anilines is 3. The van der Waals surface area contributed by atoms with E-state index in [1.807, 2.05) is 18.2 Å². The molecular formula is C19H27N5O. The summed E-state index contributed by atoms with van der Waals surface area (Å²) in [7, 11) is 1.72. The van der Waals surface area contributed by atoms with Crippen molar-refractivity contribution < 1.29 is 4.74 Å². The Morgan fingerprint density at radius 2 is 1.80 bits per heavy atom. The van der Waals surface area contributed by atoms with Gasteiger partial charge in [0.15, 0.2) is 0 Å². The Morgan fingerprint density at radius 3 is 2.52 bits per heavy atom. The van der Waals surface area contributed by atoms with E-state index in [4.69, 9.17) is 4.74 Å². The molecule has 1 aromatic carbocycles. The molecule has 1 saturated heterocycles. The summed E-state index contributed by atoms with van der Waals surface area (Å²) in [6.45, 7) is 9.03. The van der Waals surface area contributed by atoms with Crippen LogP contribution in [0, 0.1) is 5.92 Å². The molecule has 0 saturated carbocycles. The van der Waals surface area contributed by atoms with Crippen LogP contribution in [0.1, 0.15) is 13.8 Å². The molecule has 0 bridgehead atoms. The molecule has 25 heavy (non-hydrogen) atoms. The Bertz CT molecular complexity index is 683. The average Bonchev–Trinajstić information content (AvgIpc) is 2.66. The number of hydrogen-bond donors (Lipinski definition) is 1. The standard InChI is InChI=1S/C19H27N5O/c1-15(2)13-20-18-12-19(22-14-21-18)24-10-8-23(9-11-24)16-6-4-5-7-17(16)25-3/h4-7,12,14-15H,8-11,13H2,1-3H3,(H,20,21,22). The van der Waals surface area contributed by atoms with E-state index in [9.17, 15) is 0 Å². The minimum absolute atomic E-state index is 0.586. The van der Waals surface area contributed by atoms with Crippen molar-refractivity contribution in [3.63, 3.8) is 0 Å². The van der Waals surface area contributed by atoms with Crippen LogP contribution < -0.4 is 19.9 Å². The monoisotopic (exact) mass is 341 g/mol. The van der Waals surface area contributed by atoms with Crippen LogP contribution in [0.5, 0.6) is 5.75 Å². The third-order valence-corrected chi connectivity index (χ3v) is 4.37. The second-order valence-corrected chi connectivity index (χ2v) is 6.68. The van der Waals surface area contributed by atoms with E-state index < -0.39 is 0 Å². The third kappa shape index (κ3) is 4.32. The van der Waals surface area contributed by atoms with Gasteiger partial charge in [-0.15, -0.1) is 0 Å². The Labute approximate surface area is 149 Å². The van der Waals surface area contributed by atoms with Crippen molar-refractivity contribution in [3.05, 3.63) is 36.7 Å². The first-order valence-electron chi connectivity index (χ1n) is 8.86. The molecule has 0 amide bonds. The van der Waals surface area contributed by atoms with E-state index in [1.54, 1.807) is 13.4 Å². The number of benzene rings is 1. The molecule has 0 spiro atoms. The molecule has 1 aliphatic rings. The molecule has 0 atom stereocenters. The zero-order valence-electron chi connectivity index (χ0n) is 15.3. The summed E-state index contributed by atoms with van der Waals surface area (Å²) in [6, 6.07) is 10.2. The van der Waals surface area contributed by atoms with Crippen molar-refractivity contribution in [3.8, 4) is 5.75 Å². The van der Waals surface area contributed by atoms with E-state index in [2.05, 4.69) is 51.1 Å². The van der Waals surface area contributed by atoms with Crippen molar-refractivity contribution >= 4 is 17.3 Å². The number of rotatable bonds is 6. The fraction of sp³-hybridized carbons (Fsp3) is 0.474. The maximum atomic E-state index is 5.49. The SMILES string of the molecule is COc1ccccc1N1CCN(c2cc(NCC(C)C)ncn2)CC1. The van der Waals surface area contributed by atoms with Gasteiger partial charge in [0.25, 0.3) is 0 Å². The van der Waals surface area contributed by atoms with Crippen LogP contribution in [-0.4, -0.2) is 49.8 Å². The first kappa shape index (κ1) is 17.3. The topological polar surface area (TPSA) is 53.5 Å². The van der Waals surface area contributed by atoms with Gasteiger partial charge in [0.2, 0.25) is 0 Å². The highest BCUT2D eigenvalue weighted by Gasteiger charge is 2.20. The maximum Gasteiger partial charge on any atom is 0.142 e. The summed E-state index contributed by atoms with van der Waals surface area (Å²) in [5, 5.41) is 3.37. The lowest BCUT2D eigenvalue weighted by molar-refractivity contribution is 0.413. The summed E-state index contributed by atoms with van der Waals surface area (Å²) >= 11 is 0. The minimum Gasteiger partial charge on any atom is -0.495 e. The van der Waals surface area contributed by atoms with Gasteiger partial charge >= 0.3 is 0 Å². The van der Waals surface area contributed by atoms with E-state index in [0.717, 1.165) is 55.8 Å². The fourth-order valence-corrected chi connectivity index (χ4v) is 2.99. The van der Waals surface area contributed by atoms with Crippen molar-refractivity contribution in [1.29, 1.82) is 0 Å². The molecule has 0 radical (unpaired) electrons. The zero-order valence-corrected chi connectivity index (χ0v) is 15.3. The predicted octanol–water partition coefficient (Wildman–Crippen LogP) is 2.88. The summed E-state index contributed by atoms with van der Waals surface area (Å²) in [6.07, 6.45) is 1.64. The summed E-state index contributed by atoms with van der Waals surface area (Å²) in [5.41, 5.74) is 1.16. The largest absolute Gasteiger partial charge is 0.495 e. The Balaban J connectivity index is 1.63. The molecule has 2 aromatic rings. The summed E-state index contributed by atoms with van der Waals surface area (Å²) in [4.78, 5) is 13.5. The highest BCUT2D eigenvalue weighted by atomic mass is 16.5. The fourth-order valence-electron chi connectivity index (χ4n) is 2.99. The lowest BCUT2D eigenvalue weighted by Gasteiger charge is -2.37. The molecule has 1 fully saturated rings. The van der Waals surface area contributed by atoms with Crippen molar-refractivity contribution in [1.82, 2.24) is 9.97 Å². The van der Waals surface area contributed by atoms with Crippen LogP contribution in [0.25, 0.3) is 0 Å². The Hall–Kier alpha value is -2.50. The van der Waals surface area contributed by atoms with Crippen LogP contribution in [-0.2, 0) is 0 Å². The second kappa shape index (κ2) is 8.05. The number of nitrogens with one attached hydrogen (secondary N) is 1. The zero-order chi connectivity index (χ0) is 17.6. The first-order valence-corrected chi connectivity index (χ1v) is 8.86. The molecule has 2 heterocycles. The predicted molar refractivity (Wildman–Crippen MR) is 103 cm³/mol. The summed E-state index contributed by atoms with van der Waals surface area (Å²) in [5.74, 6) is 3.40. The van der Waals surface area contributed by atoms with Gasteiger partial charge in [-0.25, -0.2) is 9.97 Å². The van der Waals surface area contributed by atoms with Gasteiger partial charge in [-0.1, -0.05) is 26.0 Å². The molecule has 1 aliphatic heterocycles. The number of aromatic nitrogens is 2. The van der Waals surface area contributed by atoms with Crippen molar-refractivity contribution in [2.75, 3.05) is 55.0 Å². The summed E-state index contributed by atoms with van der Waals surface area (Å²) < 4.78 is 5.49. The van der Waals surface area contributed by atoms with Crippen LogP contribution in [0.15, 0.2) is 36.7 Å². The van der Waals surface area contributed by atoms with Gasteiger partial charge in [0.05, 0.1) is 12.8 Å². The Kier molecular flexibility index (Phi) is 5.58. The third-order valence-electron chi connectivity index (χ3n) is 4.37. The van der Waals surface area contributed by atoms with Gasteiger partial charge in [0.1, 0.15) is 23.7 Å².